The number of hydrogen-bond donors (Lipinski definition) is 1. The molecule has 29 heavy (non-hydrogen) atoms. The summed E-state index contributed by atoms with van der Waals surface area (Å²) in [5, 5.41) is 7.00. The van der Waals surface area contributed by atoms with E-state index in [4.69, 9.17) is 16.1 Å². The highest BCUT2D eigenvalue weighted by molar-refractivity contribution is 7.88. The fourth-order valence-electron chi connectivity index (χ4n) is 2.69. The molecule has 8 nitrogen and oxygen atoms in total. The molecule has 1 aromatic heterocycles. The highest BCUT2D eigenvalue weighted by Gasteiger charge is 2.30. The van der Waals surface area contributed by atoms with Crippen LogP contribution in [-0.4, -0.2) is 42.1 Å². The van der Waals surface area contributed by atoms with E-state index in [-0.39, 0.29) is 12.4 Å². The minimum atomic E-state index is -3.61. The van der Waals surface area contributed by atoms with Gasteiger partial charge in [-0.25, -0.2) is 8.42 Å². The first-order chi connectivity index (χ1) is 13.8. The molecule has 0 unspecified atom stereocenters. The number of hydrogen-bond acceptors (Lipinski definition) is 6. The molecule has 1 atom stereocenters. The van der Waals surface area contributed by atoms with E-state index >= 15 is 0 Å². The zero-order valence-corrected chi connectivity index (χ0v) is 17.3. The topological polar surface area (TPSA) is 105 Å². The summed E-state index contributed by atoms with van der Waals surface area (Å²) < 4.78 is 30.2. The number of rotatable bonds is 7. The number of nitrogens with zero attached hydrogens (tertiary/aromatic N) is 3. The van der Waals surface area contributed by atoms with Crippen LogP contribution in [0.1, 0.15) is 17.5 Å². The summed E-state index contributed by atoms with van der Waals surface area (Å²) in [6.45, 7) is -0.0583. The third-order valence-electron chi connectivity index (χ3n) is 4.25. The maximum atomic E-state index is 12.8. The van der Waals surface area contributed by atoms with Crippen LogP contribution in [0.2, 0.25) is 5.02 Å². The number of carbonyl (C=O) groups is 1. The van der Waals surface area contributed by atoms with Crippen LogP contribution in [0.4, 0.5) is 0 Å². The number of halogens is 1. The van der Waals surface area contributed by atoms with E-state index in [0.29, 0.717) is 22.0 Å². The first kappa shape index (κ1) is 21.0. The summed E-state index contributed by atoms with van der Waals surface area (Å²) in [6.07, 6.45) is 1.05. The maximum Gasteiger partial charge on any atom is 0.246 e. The molecule has 1 N–H and O–H groups in total. The van der Waals surface area contributed by atoms with E-state index < -0.39 is 22.0 Å². The zero-order valence-electron chi connectivity index (χ0n) is 15.7. The summed E-state index contributed by atoms with van der Waals surface area (Å²) in [5.41, 5.74) is 1.15. The molecular formula is C19H19ClN4O4S. The Morgan fingerprint density at radius 3 is 2.48 bits per heavy atom. The van der Waals surface area contributed by atoms with Crippen molar-refractivity contribution in [2.75, 3.05) is 13.3 Å². The van der Waals surface area contributed by atoms with Crippen molar-refractivity contribution in [2.24, 2.45) is 0 Å². The van der Waals surface area contributed by atoms with Crippen molar-refractivity contribution in [1.29, 1.82) is 0 Å². The number of carbonyl (C=O) groups excluding carboxylic acids is 1. The summed E-state index contributed by atoms with van der Waals surface area (Å²) in [6, 6.07) is 14.6. The van der Waals surface area contributed by atoms with Gasteiger partial charge in [0.05, 0.1) is 17.8 Å². The van der Waals surface area contributed by atoms with Crippen LogP contribution in [0.3, 0.4) is 0 Å². The van der Waals surface area contributed by atoms with E-state index in [2.05, 4.69) is 15.5 Å². The second-order valence-electron chi connectivity index (χ2n) is 6.30. The highest BCUT2D eigenvalue weighted by Crippen LogP contribution is 2.25. The Labute approximate surface area is 173 Å². The van der Waals surface area contributed by atoms with Crippen molar-refractivity contribution in [3.8, 4) is 11.4 Å². The Bertz CT molecular complexity index is 1100. The lowest BCUT2D eigenvalue weighted by molar-refractivity contribution is -0.125. The summed E-state index contributed by atoms with van der Waals surface area (Å²) >= 11 is 6.13. The molecule has 1 heterocycles. The predicted molar refractivity (Wildman–Crippen MR) is 108 cm³/mol. The fourth-order valence-corrected chi connectivity index (χ4v) is 3.51. The summed E-state index contributed by atoms with van der Waals surface area (Å²) in [4.78, 5) is 17.0. The van der Waals surface area contributed by atoms with E-state index in [1.807, 2.05) is 0 Å². The maximum absolute atomic E-state index is 12.8. The lowest BCUT2D eigenvalue weighted by Crippen LogP contribution is -2.41. The summed E-state index contributed by atoms with van der Waals surface area (Å²) in [7, 11) is -2.25. The van der Waals surface area contributed by atoms with E-state index in [1.54, 1.807) is 54.6 Å². The lowest BCUT2D eigenvalue weighted by atomic mass is 10.1. The third-order valence-corrected chi connectivity index (χ3v) is 5.83. The van der Waals surface area contributed by atoms with Gasteiger partial charge in [-0.15, -0.1) is 0 Å². The van der Waals surface area contributed by atoms with Crippen LogP contribution in [-0.2, 0) is 21.4 Å². The van der Waals surface area contributed by atoms with Gasteiger partial charge in [0.25, 0.3) is 0 Å². The average molecular weight is 435 g/mol. The lowest BCUT2D eigenvalue weighted by Gasteiger charge is -2.25. The molecule has 0 fully saturated rings. The molecule has 0 bridgehead atoms. The van der Waals surface area contributed by atoms with Gasteiger partial charge in [0, 0.05) is 12.6 Å². The molecule has 1 amide bonds. The van der Waals surface area contributed by atoms with E-state index in [9.17, 15) is 13.2 Å². The van der Waals surface area contributed by atoms with Gasteiger partial charge in [-0.2, -0.15) is 9.29 Å². The minimum Gasteiger partial charge on any atom is -0.345 e. The average Bonchev–Trinajstić information content (AvgIpc) is 3.16. The molecule has 0 spiro atoms. The Balaban J connectivity index is 1.77. The van der Waals surface area contributed by atoms with Crippen LogP contribution < -0.4 is 5.32 Å². The predicted octanol–water partition coefficient (Wildman–Crippen LogP) is 2.64. The molecule has 0 aliphatic rings. The van der Waals surface area contributed by atoms with Crippen molar-refractivity contribution in [3.63, 3.8) is 0 Å². The second kappa shape index (κ2) is 8.73. The largest absolute Gasteiger partial charge is 0.345 e. The Morgan fingerprint density at radius 1 is 1.17 bits per heavy atom. The fraction of sp³-hybridized carbons (Fsp3) is 0.211. The number of benzene rings is 2. The molecule has 152 valence electrons. The van der Waals surface area contributed by atoms with Crippen molar-refractivity contribution < 1.29 is 17.7 Å². The number of amides is 1. The molecule has 0 aliphatic carbocycles. The SMILES string of the molecule is CN([C@@H](C(=O)NCc1nc(-c2ccccc2Cl)no1)c1ccccc1)S(C)(=O)=O. The molecule has 3 rings (SSSR count). The molecule has 0 aliphatic heterocycles. The Kier molecular flexibility index (Phi) is 6.31. The van der Waals surface area contributed by atoms with E-state index in [0.717, 1.165) is 10.6 Å². The standard InChI is InChI=1S/C19H19ClN4O4S/c1-24(29(2,26)27)17(13-8-4-3-5-9-13)19(25)21-12-16-22-18(23-28-16)14-10-6-7-11-15(14)20/h3-11,17H,12H2,1-2H3,(H,21,25)/t17-/m1/s1. The van der Waals surface area contributed by atoms with E-state index in [1.165, 1.54) is 7.05 Å². The van der Waals surface area contributed by atoms with Gasteiger partial charge in [-0.05, 0) is 17.7 Å². The van der Waals surface area contributed by atoms with Crippen molar-refractivity contribution in [3.05, 3.63) is 71.1 Å². The Hall–Kier alpha value is -2.75. The quantitative estimate of drug-likeness (QED) is 0.612. The van der Waals surface area contributed by atoms with Crippen molar-refractivity contribution >= 4 is 27.5 Å². The van der Waals surface area contributed by atoms with Gasteiger partial charge in [0.15, 0.2) is 0 Å². The number of sulfonamides is 1. The highest BCUT2D eigenvalue weighted by atomic mass is 35.5. The smallest absolute Gasteiger partial charge is 0.246 e. The minimum absolute atomic E-state index is 0.0583. The van der Waals surface area contributed by atoms with Gasteiger partial charge in [0.1, 0.15) is 6.04 Å². The van der Waals surface area contributed by atoms with Crippen molar-refractivity contribution in [1.82, 2.24) is 19.8 Å². The molecule has 0 radical (unpaired) electrons. The first-order valence-corrected chi connectivity index (χ1v) is 10.8. The molecule has 2 aromatic carbocycles. The summed E-state index contributed by atoms with van der Waals surface area (Å²) in [5.74, 6) is -0.0450. The van der Waals surface area contributed by atoms with Gasteiger partial charge in [-0.1, -0.05) is 59.2 Å². The first-order valence-electron chi connectivity index (χ1n) is 8.60. The molecular weight excluding hydrogens is 416 g/mol. The normalized spacial score (nSPS) is 12.7. The molecule has 0 saturated carbocycles. The van der Waals surface area contributed by atoms with Crippen molar-refractivity contribution in [2.45, 2.75) is 12.6 Å². The second-order valence-corrected chi connectivity index (χ2v) is 8.75. The molecule has 0 saturated heterocycles. The van der Waals surface area contributed by atoms with Crippen LogP contribution >= 0.6 is 11.6 Å². The monoisotopic (exact) mass is 434 g/mol. The number of aromatic nitrogens is 2. The third kappa shape index (κ3) is 5.00. The van der Waals surface area contributed by atoms with Crippen LogP contribution in [0.15, 0.2) is 59.1 Å². The van der Waals surface area contributed by atoms with Crippen LogP contribution in [0.25, 0.3) is 11.4 Å². The Morgan fingerprint density at radius 2 is 1.83 bits per heavy atom. The number of likely N-dealkylation sites (N-methyl/N-ethyl adjacent to an activating group) is 1. The van der Waals surface area contributed by atoms with Gasteiger partial charge >= 0.3 is 0 Å². The van der Waals surface area contributed by atoms with Gasteiger partial charge < -0.3 is 9.84 Å². The van der Waals surface area contributed by atoms with Gasteiger partial charge in [0.2, 0.25) is 27.6 Å². The van der Waals surface area contributed by atoms with Crippen LogP contribution in [0.5, 0.6) is 0 Å². The zero-order chi connectivity index (χ0) is 21.0. The van der Waals surface area contributed by atoms with Crippen LogP contribution in [0, 0.1) is 0 Å². The number of nitrogens with one attached hydrogen (secondary N) is 1. The van der Waals surface area contributed by atoms with Gasteiger partial charge in [-0.3, -0.25) is 4.79 Å². The molecule has 3 aromatic rings. The molecule has 10 heteroatoms.